The highest BCUT2D eigenvalue weighted by Crippen LogP contribution is 2.34. The number of likely N-dealkylation sites (tertiary alicyclic amines) is 1. The van der Waals surface area contributed by atoms with Crippen molar-refractivity contribution >= 4 is 17.5 Å². The number of aromatic nitrogens is 1. The molecule has 2 atom stereocenters. The van der Waals surface area contributed by atoms with Gasteiger partial charge in [0.25, 0.3) is 0 Å². The lowest BCUT2D eigenvalue weighted by atomic mass is 9.95. The number of fused-ring (bicyclic) bond motifs is 1. The number of carbonyl (C=O) groups excluding carboxylic acids is 2. The summed E-state index contributed by atoms with van der Waals surface area (Å²) in [6.07, 6.45) is 5.73. The van der Waals surface area contributed by atoms with Crippen LogP contribution in [-0.4, -0.2) is 65.9 Å². The maximum absolute atomic E-state index is 12.4. The van der Waals surface area contributed by atoms with Crippen LogP contribution in [0.3, 0.4) is 0 Å². The molecule has 3 rings (SSSR count). The fourth-order valence-corrected chi connectivity index (χ4v) is 3.50. The normalized spacial score (nSPS) is 25.2. The van der Waals surface area contributed by atoms with Crippen LogP contribution in [-0.2, 0) is 9.59 Å². The van der Waals surface area contributed by atoms with E-state index in [0.29, 0.717) is 13.0 Å². The molecule has 2 amide bonds. The number of hydrogen-bond acceptors (Lipinski definition) is 4. The molecule has 0 aromatic carbocycles. The molecule has 2 saturated heterocycles. The SMILES string of the molecule is CN(C)C(=O)CN1CC[C@H]2[C@@H]1CCC(=O)N2c1cccnc1. The Bertz CT molecular complexity index is 561. The van der Waals surface area contributed by atoms with Crippen LogP contribution in [0.25, 0.3) is 0 Å². The van der Waals surface area contributed by atoms with Gasteiger partial charge in [0.15, 0.2) is 0 Å². The number of pyridine rings is 1. The number of nitrogens with zero attached hydrogens (tertiary/aromatic N) is 4. The van der Waals surface area contributed by atoms with Gasteiger partial charge in [0.2, 0.25) is 11.8 Å². The minimum atomic E-state index is 0.116. The van der Waals surface area contributed by atoms with Gasteiger partial charge in [-0.2, -0.15) is 0 Å². The molecular weight excluding hydrogens is 280 g/mol. The molecule has 0 N–H and O–H groups in total. The first-order valence-corrected chi connectivity index (χ1v) is 7.74. The summed E-state index contributed by atoms with van der Waals surface area (Å²) in [4.78, 5) is 34.2. The summed E-state index contributed by atoms with van der Waals surface area (Å²) in [5.41, 5.74) is 0.864. The monoisotopic (exact) mass is 302 g/mol. The third-order valence-corrected chi connectivity index (χ3v) is 4.64. The highest BCUT2D eigenvalue weighted by atomic mass is 16.2. The van der Waals surface area contributed by atoms with E-state index in [9.17, 15) is 9.59 Å². The number of carbonyl (C=O) groups is 2. The Balaban J connectivity index is 1.78. The van der Waals surface area contributed by atoms with E-state index in [-0.39, 0.29) is 23.9 Å². The van der Waals surface area contributed by atoms with E-state index in [1.807, 2.05) is 17.0 Å². The van der Waals surface area contributed by atoms with E-state index in [1.54, 1.807) is 31.4 Å². The molecule has 3 heterocycles. The summed E-state index contributed by atoms with van der Waals surface area (Å²) >= 11 is 0. The van der Waals surface area contributed by atoms with Gasteiger partial charge in [0.1, 0.15) is 0 Å². The number of likely N-dealkylation sites (N-methyl/N-ethyl adjacent to an activating group) is 1. The molecule has 118 valence electrons. The highest BCUT2D eigenvalue weighted by Gasteiger charge is 2.44. The van der Waals surface area contributed by atoms with Crippen LogP contribution in [0.5, 0.6) is 0 Å². The number of anilines is 1. The lowest BCUT2D eigenvalue weighted by Crippen LogP contribution is -2.53. The Hall–Kier alpha value is -1.95. The second kappa shape index (κ2) is 6.04. The molecule has 0 saturated carbocycles. The quantitative estimate of drug-likeness (QED) is 0.826. The zero-order valence-electron chi connectivity index (χ0n) is 13.1. The Morgan fingerprint density at radius 3 is 2.86 bits per heavy atom. The fraction of sp³-hybridized carbons (Fsp3) is 0.562. The summed E-state index contributed by atoms with van der Waals surface area (Å²) in [6, 6.07) is 4.21. The molecule has 0 bridgehead atoms. The maximum atomic E-state index is 12.4. The molecule has 2 aliphatic heterocycles. The molecule has 2 fully saturated rings. The van der Waals surface area contributed by atoms with Crippen molar-refractivity contribution in [2.24, 2.45) is 0 Å². The first kappa shape index (κ1) is 15.0. The summed E-state index contributed by atoms with van der Waals surface area (Å²) in [5, 5.41) is 0. The summed E-state index contributed by atoms with van der Waals surface area (Å²) in [5.74, 6) is 0.278. The van der Waals surface area contributed by atoms with Gasteiger partial charge in [-0.25, -0.2) is 0 Å². The number of amides is 2. The van der Waals surface area contributed by atoms with Crippen molar-refractivity contribution in [2.75, 3.05) is 32.1 Å². The van der Waals surface area contributed by atoms with Crippen molar-refractivity contribution in [3.05, 3.63) is 24.5 Å². The van der Waals surface area contributed by atoms with Gasteiger partial charge in [0, 0.05) is 39.3 Å². The van der Waals surface area contributed by atoms with E-state index < -0.39 is 0 Å². The van der Waals surface area contributed by atoms with Crippen LogP contribution in [0, 0.1) is 0 Å². The van der Waals surface area contributed by atoms with Crippen molar-refractivity contribution in [1.82, 2.24) is 14.8 Å². The van der Waals surface area contributed by atoms with Gasteiger partial charge >= 0.3 is 0 Å². The first-order valence-electron chi connectivity index (χ1n) is 7.74. The minimum Gasteiger partial charge on any atom is -0.348 e. The predicted molar refractivity (Wildman–Crippen MR) is 83.4 cm³/mol. The van der Waals surface area contributed by atoms with Crippen LogP contribution in [0.15, 0.2) is 24.5 Å². The van der Waals surface area contributed by atoms with E-state index in [4.69, 9.17) is 0 Å². The van der Waals surface area contributed by atoms with Crippen molar-refractivity contribution in [3.63, 3.8) is 0 Å². The van der Waals surface area contributed by atoms with Crippen LogP contribution in [0.4, 0.5) is 5.69 Å². The van der Waals surface area contributed by atoms with E-state index in [0.717, 1.165) is 25.1 Å². The van der Waals surface area contributed by atoms with Gasteiger partial charge in [-0.15, -0.1) is 0 Å². The van der Waals surface area contributed by atoms with E-state index in [2.05, 4.69) is 9.88 Å². The molecule has 0 unspecified atom stereocenters. The van der Waals surface area contributed by atoms with Gasteiger partial charge in [-0.3, -0.25) is 19.5 Å². The van der Waals surface area contributed by atoms with Crippen molar-refractivity contribution in [3.8, 4) is 0 Å². The minimum absolute atomic E-state index is 0.116. The first-order chi connectivity index (χ1) is 10.6. The largest absolute Gasteiger partial charge is 0.348 e. The molecule has 2 aliphatic rings. The topological polar surface area (TPSA) is 56.8 Å². The van der Waals surface area contributed by atoms with Crippen LogP contribution >= 0.6 is 0 Å². The van der Waals surface area contributed by atoms with E-state index >= 15 is 0 Å². The van der Waals surface area contributed by atoms with Crippen LogP contribution < -0.4 is 4.90 Å². The molecule has 6 heteroatoms. The van der Waals surface area contributed by atoms with Gasteiger partial charge in [-0.05, 0) is 25.0 Å². The third kappa shape index (κ3) is 2.70. The van der Waals surface area contributed by atoms with Crippen molar-refractivity contribution < 1.29 is 9.59 Å². The zero-order valence-corrected chi connectivity index (χ0v) is 13.1. The Morgan fingerprint density at radius 1 is 1.36 bits per heavy atom. The standard InChI is InChI=1S/C16H22N4O2/c1-18(2)16(22)11-19-9-7-14-13(19)5-6-15(21)20(14)12-4-3-8-17-10-12/h3-4,8,10,13-14H,5-7,9,11H2,1-2H3/t13-,14-/m0/s1. The summed E-state index contributed by atoms with van der Waals surface area (Å²) < 4.78 is 0. The average Bonchev–Trinajstić information content (AvgIpc) is 2.90. The lowest BCUT2D eigenvalue weighted by molar-refractivity contribution is -0.130. The molecule has 1 aromatic heterocycles. The van der Waals surface area contributed by atoms with Gasteiger partial charge < -0.3 is 9.80 Å². The molecule has 1 aromatic rings. The zero-order chi connectivity index (χ0) is 15.7. The molecule has 6 nitrogen and oxygen atoms in total. The van der Waals surface area contributed by atoms with Crippen LogP contribution in [0.1, 0.15) is 19.3 Å². The molecule has 22 heavy (non-hydrogen) atoms. The molecule has 0 aliphatic carbocycles. The van der Waals surface area contributed by atoms with Crippen molar-refractivity contribution in [1.29, 1.82) is 0 Å². The Labute approximate surface area is 130 Å². The smallest absolute Gasteiger partial charge is 0.236 e. The van der Waals surface area contributed by atoms with E-state index in [1.165, 1.54) is 0 Å². The molecule has 0 spiro atoms. The maximum Gasteiger partial charge on any atom is 0.236 e. The third-order valence-electron chi connectivity index (χ3n) is 4.64. The number of piperidine rings is 1. The summed E-state index contributed by atoms with van der Waals surface area (Å²) in [6.45, 7) is 1.29. The number of rotatable bonds is 3. The van der Waals surface area contributed by atoms with Gasteiger partial charge in [-0.1, -0.05) is 0 Å². The summed E-state index contributed by atoms with van der Waals surface area (Å²) in [7, 11) is 3.56. The lowest BCUT2D eigenvalue weighted by Gasteiger charge is -2.39. The fourth-order valence-electron chi connectivity index (χ4n) is 3.50. The Kier molecular flexibility index (Phi) is 4.11. The molecular formula is C16H22N4O2. The second-order valence-electron chi connectivity index (χ2n) is 6.20. The van der Waals surface area contributed by atoms with Crippen LogP contribution in [0.2, 0.25) is 0 Å². The molecule has 0 radical (unpaired) electrons. The second-order valence-corrected chi connectivity index (χ2v) is 6.20. The average molecular weight is 302 g/mol. The van der Waals surface area contributed by atoms with Crippen molar-refractivity contribution in [2.45, 2.75) is 31.3 Å². The van der Waals surface area contributed by atoms with Gasteiger partial charge in [0.05, 0.1) is 24.5 Å². The predicted octanol–water partition coefficient (Wildman–Crippen LogP) is 0.739. The Morgan fingerprint density at radius 2 is 2.18 bits per heavy atom. The highest BCUT2D eigenvalue weighted by molar-refractivity contribution is 5.95. The number of hydrogen-bond donors (Lipinski definition) is 0.